The second-order valence-electron chi connectivity index (χ2n) is 11.4. The smallest absolute Gasteiger partial charge is 0.306 e. The molecule has 0 atom stereocenters. The number of aryl methyl sites for hydroxylation is 1. The van der Waals surface area contributed by atoms with Gasteiger partial charge in [-0.05, 0) is 92.0 Å². The van der Waals surface area contributed by atoms with Crippen molar-refractivity contribution in [2.75, 3.05) is 0 Å². The lowest BCUT2D eigenvalue weighted by Gasteiger charge is -2.37. The van der Waals surface area contributed by atoms with E-state index >= 15 is 0 Å². The predicted molar refractivity (Wildman–Crippen MR) is 135 cm³/mol. The number of benzene rings is 2. The monoisotopic (exact) mass is 451 g/mol. The van der Waals surface area contributed by atoms with E-state index in [1.807, 2.05) is 0 Å². The highest BCUT2D eigenvalue weighted by molar-refractivity contribution is 5.90. The quantitative estimate of drug-likeness (QED) is 0.503. The van der Waals surface area contributed by atoms with E-state index in [2.05, 4.69) is 63.3 Å². The SMILES string of the molecule is Cc1cc(O[C@H]2CC[C@H](C(C)(C)C)CC2)c(CNC2CCC(C(=O)O)CC2)c2ccccc12. The van der Waals surface area contributed by atoms with Gasteiger partial charge < -0.3 is 15.2 Å². The van der Waals surface area contributed by atoms with Gasteiger partial charge in [0.2, 0.25) is 0 Å². The largest absolute Gasteiger partial charge is 0.490 e. The first-order valence-electron chi connectivity index (χ1n) is 12.9. The van der Waals surface area contributed by atoms with Crippen LogP contribution in [0.15, 0.2) is 30.3 Å². The summed E-state index contributed by atoms with van der Waals surface area (Å²) in [5.41, 5.74) is 2.88. The van der Waals surface area contributed by atoms with Crippen LogP contribution in [0.3, 0.4) is 0 Å². The third-order valence-electron chi connectivity index (χ3n) is 8.16. The van der Waals surface area contributed by atoms with Crippen LogP contribution in [0.25, 0.3) is 10.8 Å². The van der Waals surface area contributed by atoms with E-state index < -0.39 is 5.97 Å². The molecule has 4 rings (SSSR count). The maximum Gasteiger partial charge on any atom is 0.306 e. The highest BCUT2D eigenvalue weighted by atomic mass is 16.5. The second kappa shape index (κ2) is 10.0. The molecule has 2 N–H and O–H groups in total. The first-order valence-corrected chi connectivity index (χ1v) is 12.9. The maximum absolute atomic E-state index is 11.3. The van der Waals surface area contributed by atoms with Crippen LogP contribution in [0.4, 0.5) is 0 Å². The van der Waals surface area contributed by atoms with Crippen LogP contribution in [0.5, 0.6) is 5.75 Å². The Bertz CT molecular complexity index is 961. The predicted octanol–water partition coefficient (Wildman–Crippen LogP) is 6.86. The first-order chi connectivity index (χ1) is 15.7. The molecule has 33 heavy (non-hydrogen) atoms. The molecule has 180 valence electrons. The molecule has 0 aliphatic heterocycles. The number of carboxylic acid groups (broad SMARTS) is 1. The average molecular weight is 452 g/mol. The Morgan fingerprint density at radius 2 is 1.64 bits per heavy atom. The number of fused-ring (bicyclic) bond motifs is 1. The van der Waals surface area contributed by atoms with Crippen molar-refractivity contribution in [2.45, 2.75) is 97.8 Å². The van der Waals surface area contributed by atoms with Crippen LogP contribution in [0, 0.1) is 24.2 Å². The molecule has 0 bridgehead atoms. The van der Waals surface area contributed by atoms with Gasteiger partial charge in [0, 0.05) is 18.2 Å². The number of hydrogen-bond acceptors (Lipinski definition) is 3. The summed E-state index contributed by atoms with van der Waals surface area (Å²) in [6, 6.07) is 11.2. The number of carboxylic acids is 1. The highest BCUT2D eigenvalue weighted by Gasteiger charge is 2.31. The van der Waals surface area contributed by atoms with Gasteiger partial charge in [-0.2, -0.15) is 0 Å². The van der Waals surface area contributed by atoms with Gasteiger partial charge in [0.25, 0.3) is 0 Å². The third kappa shape index (κ3) is 5.71. The Labute approximate surface area is 199 Å². The van der Waals surface area contributed by atoms with Gasteiger partial charge in [0.1, 0.15) is 5.75 Å². The number of hydrogen-bond donors (Lipinski definition) is 2. The van der Waals surface area contributed by atoms with Gasteiger partial charge in [-0.15, -0.1) is 0 Å². The molecular weight excluding hydrogens is 410 g/mol. The fourth-order valence-corrected chi connectivity index (χ4v) is 5.89. The van der Waals surface area contributed by atoms with Crippen molar-refractivity contribution >= 4 is 16.7 Å². The maximum atomic E-state index is 11.3. The summed E-state index contributed by atoms with van der Waals surface area (Å²) < 4.78 is 6.71. The van der Waals surface area contributed by atoms with Gasteiger partial charge in [-0.25, -0.2) is 0 Å². The van der Waals surface area contributed by atoms with Crippen LogP contribution < -0.4 is 10.1 Å². The zero-order valence-corrected chi connectivity index (χ0v) is 20.8. The Kier molecular flexibility index (Phi) is 7.33. The zero-order chi connectivity index (χ0) is 23.6. The lowest BCUT2D eigenvalue weighted by atomic mass is 9.72. The van der Waals surface area contributed by atoms with E-state index in [0.29, 0.717) is 11.5 Å². The van der Waals surface area contributed by atoms with Crippen LogP contribution in [0.2, 0.25) is 0 Å². The van der Waals surface area contributed by atoms with Crippen LogP contribution in [-0.2, 0) is 11.3 Å². The van der Waals surface area contributed by atoms with Crippen molar-refractivity contribution in [1.82, 2.24) is 5.32 Å². The summed E-state index contributed by atoms with van der Waals surface area (Å²) in [6.45, 7) is 10.0. The van der Waals surface area contributed by atoms with E-state index in [-0.39, 0.29) is 12.0 Å². The molecule has 0 saturated heterocycles. The molecule has 2 aromatic rings. The van der Waals surface area contributed by atoms with E-state index in [4.69, 9.17) is 4.74 Å². The lowest BCUT2D eigenvalue weighted by molar-refractivity contribution is -0.142. The molecule has 0 radical (unpaired) electrons. The average Bonchev–Trinajstić information content (AvgIpc) is 2.79. The van der Waals surface area contributed by atoms with E-state index in [9.17, 15) is 9.90 Å². The summed E-state index contributed by atoms with van der Waals surface area (Å²) in [4.78, 5) is 11.3. The molecule has 0 amide bonds. The fraction of sp³-hybridized carbons (Fsp3) is 0.621. The minimum Gasteiger partial charge on any atom is -0.490 e. The minimum absolute atomic E-state index is 0.176. The summed E-state index contributed by atoms with van der Waals surface area (Å²) in [5, 5.41) is 15.6. The number of ether oxygens (including phenoxy) is 1. The fourth-order valence-electron chi connectivity index (χ4n) is 5.89. The first kappa shape index (κ1) is 24.1. The van der Waals surface area contributed by atoms with E-state index in [1.165, 1.54) is 34.7 Å². The zero-order valence-electron chi connectivity index (χ0n) is 20.8. The van der Waals surface area contributed by atoms with Crippen molar-refractivity contribution in [3.63, 3.8) is 0 Å². The topological polar surface area (TPSA) is 58.6 Å². The van der Waals surface area contributed by atoms with E-state index in [1.54, 1.807) is 0 Å². The lowest BCUT2D eigenvalue weighted by Crippen LogP contribution is -2.35. The van der Waals surface area contributed by atoms with Crippen LogP contribution >= 0.6 is 0 Å². The molecule has 4 nitrogen and oxygen atoms in total. The number of carbonyl (C=O) groups is 1. The molecule has 4 heteroatoms. The number of rotatable bonds is 6. The van der Waals surface area contributed by atoms with Crippen molar-refractivity contribution in [3.8, 4) is 5.75 Å². The Hall–Kier alpha value is -2.07. The molecule has 2 saturated carbocycles. The van der Waals surface area contributed by atoms with Gasteiger partial charge in [-0.3, -0.25) is 4.79 Å². The molecule has 0 unspecified atom stereocenters. The van der Waals surface area contributed by atoms with Gasteiger partial charge in [0.05, 0.1) is 12.0 Å². The Balaban J connectivity index is 1.49. The van der Waals surface area contributed by atoms with Crippen molar-refractivity contribution < 1.29 is 14.6 Å². The van der Waals surface area contributed by atoms with E-state index in [0.717, 1.165) is 56.7 Å². The van der Waals surface area contributed by atoms with Crippen LogP contribution in [0.1, 0.15) is 83.3 Å². The minimum atomic E-state index is -0.644. The Morgan fingerprint density at radius 3 is 2.24 bits per heavy atom. The summed E-state index contributed by atoms with van der Waals surface area (Å²) in [5.74, 6) is 0.982. The van der Waals surface area contributed by atoms with Gasteiger partial charge in [-0.1, -0.05) is 45.0 Å². The molecule has 0 heterocycles. The van der Waals surface area contributed by atoms with Crippen molar-refractivity contribution in [2.24, 2.45) is 17.3 Å². The summed E-state index contributed by atoms with van der Waals surface area (Å²) in [6.07, 6.45) is 8.39. The number of aliphatic carboxylic acids is 1. The van der Waals surface area contributed by atoms with Crippen LogP contribution in [-0.4, -0.2) is 23.2 Å². The van der Waals surface area contributed by atoms with Gasteiger partial charge >= 0.3 is 5.97 Å². The van der Waals surface area contributed by atoms with Crippen molar-refractivity contribution in [1.29, 1.82) is 0 Å². The molecule has 0 spiro atoms. The molecular formula is C29H41NO3. The molecule has 2 aliphatic carbocycles. The molecule has 0 aromatic heterocycles. The molecule has 2 aromatic carbocycles. The highest BCUT2D eigenvalue weighted by Crippen LogP contribution is 2.40. The number of nitrogens with one attached hydrogen (secondary N) is 1. The Morgan fingerprint density at radius 1 is 1.00 bits per heavy atom. The second-order valence-corrected chi connectivity index (χ2v) is 11.4. The van der Waals surface area contributed by atoms with Crippen molar-refractivity contribution in [3.05, 3.63) is 41.5 Å². The third-order valence-corrected chi connectivity index (χ3v) is 8.16. The normalized spacial score (nSPS) is 26.3. The molecule has 2 fully saturated rings. The van der Waals surface area contributed by atoms with Gasteiger partial charge in [0.15, 0.2) is 0 Å². The summed E-state index contributed by atoms with van der Waals surface area (Å²) >= 11 is 0. The summed E-state index contributed by atoms with van der Waals surface area (Å²) in [7, 11) is 0. The molecule has 2 aliphatic rings. The standard InChI is InChI=1S/C29H41NO3/c1-19-17-27(33-23-15-11-21(12-16-23)29(2,3)4)26(25-8-6-5-7-24(19)25)18-30-22-13-9-20(10-14-22)28(31)32/h5-8,17,20-23,30H,9-16,18H2,1-4H3,(H,31,32)/t20?,21-,22?,23-.